The van der Waals surface area contributed by atoms with Crippen molar-refractivity contribution < 1.29 is 27.4 Å². The highest BCUT2D eigenvalue weighted by atomic mass is 19.4. The second-order valence-electron chi connectivity index (χ2n) is 7.48. The average Bonchev–Trinajstić information content (AvgIpc) is 2.81. The number of nitrogens with zero attached hydrogens (tertiary/aromatic N) is 1. The maximum atomic E-state index is 12.9. The summed E-state index contributed by atoms with van der Waals surface area (Å²) in [6.45, 7) is 2.58. The first-order valence-electron chi connectivity index (χ1n) is 10.9. The molecule has 7 heteroatoms. The summed E-state index contributed by atoms with van der Waals surface area (Å²) in [5.41, 5.74) is 2.22. The first-order valence-corrected chi connectivity index (χ1v) is 10.9. The lowest BCUT2D eigenvalue weighted by Crippen LogP contribution is -2.04. The van der Waals surface area contributed by atoms with E-state index < -0.39 is 11.7 Å². The van der Waals surface area contributed by atoms with Gasteiger partial charge in [-0.2, -0.15) is 13.2 Å². The molecule has 0 atom stereocenters. The van der Waals surface area contributed by atoms with Gasteiger partial charge in [0.05, 0.1) is 24.5 Å². The number of unbranched alkanes of at least 4 members (excludes halogenated alkanes) is 2. The van der Waals surface area contributed by atoms with E-state index in [9.17, 15) is 18.0 Å². The van der Waals surface area contributed by atoms with E-state index in [1.165, 1.54) is 12.1 Å². The molecule has 1 aromatic heterocycles. The Balaban J connectivity index is 1.73. The standard InChI is InChI=1S/C26H26F3NO3/c1-2-32-25(31)11-7-4-8-16-33-24-18-21(17-23(30-24)20-9-5-3-6-10-20)19-12-14-22(15-13-19)26(27,28)29/h3,5-6,9-10,12-15,17-18H,2,4,7-8,11,16H2,1H3. The molecule has 174 valence electrons. The molecule has 0 radical (unpaired) electrons. The van der Waals surface area contributed by atoms with Crippen molar-refractivity contribution in [3.63, 3.8) is 0 Å². The molecule has 4 nitrogen and oxygen atoms in total. The zero-order valence-corrected chi connectivity index (χ0v) is 18.4. The number of benzene rings is 2. The molecule has 0 saturated heterocycles. The molecule has 1 heterocycles. The lowest BCUT2D eigenvalue weighted by atomic mass is 10.0. The molecule has 2 aromatic carbocycles. The molecule has 0 amide bonds. The van der Waals surface area contributed by atoms with E-state index in [-0.39, 0.29) is 5.97 Å². The monoisotopic (exact) mass is 457 g/mol. The number of carbonyl (C=O) groups excluding carboxylic acids is 1. The minimum Gasteiger partial charge on any atom is -0.478 e. The van der Waals surface area contributed by atoms with Crippen LogP contribution in [0.5, 0.6) is 5.88 Å². The van der Waals surface area contributed by atoms with Crippen LogP contribution in [0.25, 0.3) is 22.4 Å². The van der Waals surface area contributed by atoms with Crippen LogP contribution >= 0.6 is 0 Å². The Labute approximate surface area is 191 Å². The smallest absolute Gasteiger partial charge is 0.416 e. The van der Waals surface area contributed by atoms with Crippen molar-refractivity contribution in [2.45, 2.75) is 38.8 Å². The molecule has 0 aliphatic rings. The van der Waals surface area contributed by atoms with Crippen molar-refractivity contribution in [1.29, 1.82) is 0 Å². The number of alkyl halides is 3. The average molecular weight is 457 g/mol. The van der Waals surface area contributed by atoms with E-state index in [1.54, 1.807) is 13.0 Å². The zero-order chi connectivity index (χ0) is 23.7. The number of hydrogen-bond donors (Lipinski definition) is 0. The number of rotatable bonds is 10. The van der Waals surface area contributed by atoms with E-state index in [2.05, 4.69) is 4.98 Å². The first-order chi connectivity index (χ1) is 15.9. The molecule has 0 fully saturated rings. The zero-order valence-electron chi connectivity index (χ0n) is 18.4. The minimum absolute atomic E-state index is 0.197. The molecule has 0 unspecified atom stereocenters. The van der Waals surface area contributed by atoms with Crippen LogP contribution in [0.15, 0.2) is 66.7 Å². The van der Waals surface area contributed by atoms with Gasteiger partial charge in [-0.05, 0) is 55.5 Å². The number of halogens is 3. The van der Waals surface area contributed by atoms with Gasteiger partial charge in [-0.3, -0.25) is 4.79 Å². The maximum absolute atomic E-state index is 12.9. The van der Waals surface area contributed by atoms with Gasteiger partial charge in [-0.1, -0.05) is 42.5 Å². The van der Waals surface area contributed by atoms with E-state index >= 15 is 0 Å². The summed E-state index contributed by atoms with van der Waals surface area (Å²) in [4.78, 5) is 16.0. The van der Waals surface area contributed by atoms with Crippen LogP contribution in [0.3, 0.4) is 0 Å². The van der Waals surface area contributed by atoms with Gasteiger partial charge >= 0.3 is 12.1 Å². The van der Waals surface area contributed by atoms with Crippen LogP contribution in [0.2, 0.25) is 0 Å². The van der Waals surface area contributed by atoms with E-state index in [1.807, 2.05) is 36.4 Å². The highest BCUT2D eigenvalue weighted by molar-refractivity contribution is 5.72. The number of carbonyl (C=O) groups is 1. The van der Waals surface area contributed by atoms with Crippen LogP contribution in [-0.2, 0) is 15.7 Å². The largest absolute Gasteiger partial charge is 0.478 e. The van der Waals surface area contributed by atoms with Gasteiger partial charge in [0.1, 0.15) is 0 Å². The molecule has 0 N–H and O–H groups in total. The van der Waals surface area contributed by atoms with Crippen molar-refractivity contribution in [1.82, 2.24) is 4.98 Å². The predicted octanol–water partition coefficient (Wildman–Crippen LogP) is 6.94. The normalized spacial score (nSPS) is 11.3. The maximum Gasteiger partial charge on any atom is 0.416 e. The molecular formula is C26H26F3NO3. The summed E-state index contributed by atoms with van der Waals surface area (Å²) in [5.74, 6) is 0.202. The van der Waals surface area contributed by atoms with Crippen LogP contribution in [0.4, 0.5) is 13.2 Å². The fourth-order valence-electron chi connectivity index (χ4n) is 3.31. The Morgan fingerprint density at radius 1 is 0.879 bits per heavy atom. The summed E-state index contributed by atoms with van der Waals surface area (Å²) < 4.78 is 49.5. The Morgan fingerprint density at radius 2 is 1.61 bits per heavy atom. The van der Waals surface area contributed by atoms with Crippen molar-refractivity contribution >= 4 is 5.97 Å². The highest BCUT2D eigenvalue weighted by Crippen LogP contribution is 2.33. The third-order valence-corrected chi connectivity index (χ3v) is 5.00. The van der Waals surface area contributed by atoms with E-state index in [0.717, 1.165) is 42.5 Å². The van der Waals surface area contributed by atoms with Gasteiger partial charge in [-0.15, -0.1) is 0 Å². The predicted molar refractivity (Wildman–Crippen MR) is 121 cm³/mol. The van der Waals surface area contributed by atoms with Crippen LogP contribution in [0.1, 0.15) is 38.2 Å². The molecule has 3 aromatic rings. The fourth-order valence-corrected chi connectivity index (χ4v) is 3.31. The topological polar surface area (TPSA) is 48.4 Å². The van der Waals surface area contributed by atoms with Crippen LogP contribution in [-0.4, -0.2) is 24.2 Å². The number of ether oxygens (including phenoxy) is 2. The van der Waals surface area contributed by atoms with Gasteiger partial charge in [0, 0.05) is 18.1 Å². The Bertz CT molecular complexity index is 1030. The Kier molecular flexibility index (Phi) is 8.46. The SMILES string of the molecule is CCOC(=O)CCCCCOc1cc(-c2ccc(C(F)(F)F)cc2)cc(-c2ccccc2)n1. The summed E-state index contributed by atoms with van der Waals surface area (Å²) in [7, 11) is 0. The number of aromatic nitrogens is 1. The number of pyridine rings is 1. The van der Waals surface area contributed by atoms with Gasteiger partial charge in [-0.25, -0.2) is 4.98 Å². The van der Waals surface area contributed by atoms with Crippen molar-refractivity contribution in [3.8, 4) is 28.3 Å². The summed E-state index contributed by atoms with van der Waals surface area (Å²) in [6.07, 6.45) is -1.73. The van der Waals surface area contributed by atoms with Gasteiger partial charge in [0.2, 0.25) is 5.88 Å². The molecule has 3 rings (SSSR count). The fraction of sp³-hybridized carbons (Fsp3) is 0.308. The lowest BCUT2D eigenvalue weighted by molar-refractivity contribution is -0.143. The second kappa shape index (κ2) is 11.5. The lowest BCUT2D eigenvalue weighted by Gasteiger charge is -2.12. The Morgan fingerprint density at radius 3 is 2.27 bits per heavy atom. The third kappa shape index (κ3) is 7.34. The van der Waals surface area contributed by atoms with Crippen LogP contribution < -0.4 is 4.74 Å². The molecule has 0 saturated carbocycles. The highest BCUT2D eigenvalue weighted by Gasteiger charge is 2.30. The third-order valence-electron chi connectivity index (χ3n) is 5.00. The number of hydrogen-bond acceptors (Lipinski definition) is 4. The molecule has 0 aliphatic carbocycles. The van der Waals surface area contributed by atoms with Crippen LogP contribution in [0, 0.1) is 0 Å². The molecule has 33 heavy (non-hydrogen) atoms. The first kappa shape index (κ1) is 24.3. The molecule has 0 aliphatic heterocycles. The van der Waals surface area contributed by atoms with Gasteiger partial charge in [0.15, 0.2) is 0 Å². The van der Waals surface area contributed by atoms with E-state index in [0.29, 0.717) is 36.8 Å². The second-order valence-corrected chi connectivity index (χ2v) is 7.48. The summed E-state index contributed by atoms with van der Waals surface area (Å²) >= 11 is 0. The summed E-state index contributed by atoms with van der Waals surface area (Å²) in [6, 6.07) is 18.1. The molecule has 0 bridgehead atoms. The van der Waals surface area contributed by atoms with Gasteiger partial charge in [0.25, 0.3) is 0 Å². The van der Waals surface area contributed by atoms with Gasteiger partial charge < -0.3 is 9.47 Å². The van der Waals surface area contributed by atoms with E-state index in [4.69, 9.17) is 9.47 Å². The van der Waals surface area contributed by atoms with Crippen molar-refractivity contribution in [3.05, 3.63) is 72.3 Å². The molecular weight excluding hydrogens is 431 g/mol. The quantitative estimate of drug-likeness (QED) is 0.244. The Hall–Kier alpha value is -3.35. The molecule has 0 spiro atoms. The van der Waals surface area contributed by atoms with Crippen molar-refractivity contribution in [2.24, 2.45) is 0 Å². The minimum atomic E-state index is -4.38. The summed E-state index contributed by atoms with van der Waals surface area (Å²) in [5, 5.41) is 0. The van der Waals surface area contributed by atoms with Crippen molar-refractivity contribution in [2.75, 3.05) is 13.2 Å². The number of esters is 1.